The third kappa shape index (κ3) is 23.9. The first-order valence-electron chi connectivity index (χ1n) is 27.4. The minimum Gasteiger partial charge on any atom is -0.495 e. The van der Waals surface area contributed by atoms with Crippen molar-refractivity contribution in [2.75, 3.05) is 65.2 Å². The van der Waals surface area contributed by atoms with Gasteiger partial charge in [0.05, 0.1) is 38.5 Å². The zero-order valence-electron chi connectivity index (χ0n) is 48.7. The molecule has 1 fully saturated rings. The summed E-state index contributed by atoms with van der Waals surface area (Å²) in [6.07, 6.45) is 9.90. The molecule has 2 bridgehead atoms. The maximum Gasteiger partial charge on any atom is 0.409 e. The number of rotatable bonds is 24. The van der Waals surface area contributed by atoms with Crippen LogP contribution in [0.5, 0.6) is 0 Å². The number of fused-ring (bicyclic) bond motifs is 2. The van der Waals surface area contributed by atoms with Gasteiger partial charge in [-0.3, -0.25) is 38.9 Å². The van der Waals surface area contributed by atoms with E-state index >= 15 is 0 Å². The van der Waals surface area contributed by atoms with Crippen LogP contribution in [0.2, 0.25) is 0 Å². The van der Waals surface area contributed by atoms with Crippen LogP contribution in [0, 0.1) is 23.7 Å². The van der Waals surface area contributed by atoms with Crippen LogP contribution in [0.4, 0.5) is 9.59 Å². The number of allylic oxidation sites excluding steroid dienone is 10. The van der Waals surface area contributed by atoms with Gasteiger partial charge in [-0.05, 0) is 94.8 Å². The Hall–Kier alpha value is -6.02. The standard InChI is InChI=1S/C57H83Br2ClN8O15/c1-34-17-15-21-46(80-9)57(78)29-45(83-56(77)66-57)37(4)36(3)27-40(28-49(71)68(7)38(5)51(60)44(79-8)26-35(2)25-34)82-50(72)33-67(6)53(74)41-18-12-13-19-42(41)65-52(73)43(20-16-23-62-55(61)76)64-48(70)32-63-47(69)22-11-10-14-24-81-54(75)39(30-58)31-59/h12-13,15,17,19,21,26,36-37,39-41,43,45-46,78H,2,10-11,14,16,18,20,22-25,27-33H2,1,3-9H3,(H,63,69)(H,64,70)(H,65,73)(H,66,77)(H3,61,62,76)/b21-15+,34-17+,44-26+,51-38-/t36-,37+,40-,41?,43+,45+,46-,57+/m1/s1. The second-order valence-electron chi connectivity index (χ2n) is 20.9. The molecule has 0 aromatic carbocycles. The first-order chi connectivity index (χ1) is 39.3. The molecular weight excluding hydrogens is 1230 g/mol. The monoisotopic (exact) mass is 1310 g/mol. The molecule has 83 heavy (non-hydrogen) atoms. The van der Waals surface area contributed by atoms with Gasteiger partial charge in [-0.1, -0.05) is 99.8 Å². The first-order valence-corrected chi connectivity index (χ1v) is 30.0. The number of urea groups is 1. The highest BCUT2D eigenvalue weighted by Crippen LogP contribution is 2.34. The number of amides is 8. The lowest BCUT2D eigenvalue weighted by atomic mass is 9.81. The van der Waals surface area contributed by atoms with Crippen LogP contribution in [0.15, 0.2) is 82.4 Å². The fourth-order valence-corrected chi connectivity index (χ4v) is 11.0. The molecule has 0 radical (unpaired) electrons. The summed E-state index contributed by atoms with van der Waals surface area (Å²) in [5.41, 5.74) is 5.33. The van der Waals surface area contributed by atoms with Crippen molar-refractivity contribution in [3.63, 3.8) is 0 Å². The predicted octanol–water partition coefficient (Wildman–Crippen LogP) is 5.67. The van der Waals surface area contributed by atoms with Crippen molar-refractivity contribution in [2.24, 2.45) is 29.4 Å². The zero-order chi connectivity index (χ0) is 62.0. The normalized spacial score (nSPS) is 25.7. The lowest BCUT2D eigenvalue weighted by molar-refractivity contribution is -0.157. The molecule has 2 aliphatic heterocycles. The summed E-state index contributed by atoms with van der Waals surface area (Å²) in [5, 5.41) is 25.8. The van der Waals surface area contributed by atoms with Gasteiger partial charge in [0.1, 0.15) is 41.7 Å². The fourth-order valence-electron chi connectivity index (χ4n) is 9.16. The van der Waals surface area contributed by atoms with Crippen LogP contribution < -0.4 is 32.3 Å². The Morgan fingerprint density at radius 1 is 1.02 bits per heavy atom. The minimum absolute atomic E-state index is 0.0196. The highest BCUT2D eigenvalue weighted by molar-refractivity contribution is 9.09. The van der Waals surface area contributed by atoms with E-state index < -0.39 is 109 Å². The van der Waals surface area contributed by atoms with Crippen molar-refractivity contribution in [3.05, 3.63) is 82.4 Å². The summed E-state index contributed by atoms with van der Waals surface area (Å²) in [7, 11) is 5.72. The molecule has 8 amide bonds. The van der Waals surface area contributed by atoms with Crippen LogP contribution in [0.3, 0.4) is 0 Å². The average molecular weight is 1320 g/mol. The van der Waals surface area contributed by atoms with E-state index in [2.05, 4.69) is 65.0 Å². The molecule has 3 rings (SSSR count). The summed E-state index contributed by atoms with van der Waals surface area (Å²) in [4.78, 5) is 121. The topological polar surface area (TPSA) is 313 Å². The smallest absolute Gasteiger partial charge is 0.409 e. The maximum atomic E-state index is 14.2. The van der Waals surface area contributed by atoms with E-state index in [9.17, 15) is 48.3 Å². The summed E-state index contributed by atoms with van der Waals surface area (Å²) in [6.45, 7) is 10.6. The number of likely N-dealkylation sites (N-methyl/N-ethyl adjacent to an activating group) is 1. The van der Waals surface area contributed by atoms with Gasteiger partial charge < -0.3 is 65.6 Å². The largest absolute Gasteiger partial charge is 0.495 e. The number of methoxy groups -OCH3 is 2. The molecule has 26 heteroatoms. The van der Waals surface area contributed by atoms with Crippen LogP contribution in [0.1, 0.15) is 98.3 Å². The Morgan fingerprint density at radius 2 is 1.73 bits per heavy atom. The van der Waals surface area contributed by atoms with Crippen LogP contribution in [0.25, 0.3) is 0 Å². The van der Waals surface area contributed by atoms with Crippen molar-refractivity contribution in [1.29, 1.82) is 0 Å². The summed E-state index contributed by atoms with van der Waals surface area (Å²) < 4.78 is 28.3. The Kier molecular flexibility index (Phi) is 30.9. The number of ether oxygens (including phenoxy) is 5. The molecule has 462 valence electrons. The molecular formula is C57H83Br2ClN8O15. The van der Waals surface area contributed by atoms with Gasteiger partial charge in [0.15, 0.2) is 5.72 Å². The van der Waals surface area contributed by atoms with Crippen molar-refractivity contribution >= 4 is 97.1 Å². The first kappa shape index (κ1) is 71.2. The quantitative estimate of drug-likeness (QED) is 0.0265. The van der Waals surface area contributed by atoms with Crippen molar-refractivity contribution in [1.82, 2.24) is 36.4 Å². The molecule has 3 aliphatic rings. The number of primary amides is 1. The highest BCUT2D eigenvalue weighted by Gasteiger charge is 2.47. The molecule has 8 N–H and O–H groups in total. The fraction of sp³-hybridized carbons (Fsp3) is 0.596. The number of nitrogens with zero attached hydrogens (tertiary/aromatic N) is 2. The van der Waals surface area contributed by atoms with Crippen LogP contribution in [-0.2, 0) is 57.2 Å². The SMILES string of the molecule is C=C1/C=C(OC)\C(Cl)=C(/C)N(C)C(=O)C[C@H](OC(=O)CN(C)C(=O)C2CC=CC=C2NC(=O)[C@H](CCCNC(N)=O)NC(=O)CNC(=O)CCCCCOC(=O)C(CBr)CBr)C[C@@H](C)[C@H](C)[C@@H]2C[C@@](O)(NC(=O)O2)[C@H](OC)/C=C/C=C(\C)C1. The molecule has 1 aliphatic carbocycles. The molecule has 1 saturated heterocycles. The molecule has 0 aromatic heterocycles. The lowest BCUT2D eigenvalue weighted by Crippen LogP contribution is -2.63. The molecule has 1 unspecified atom stereocenters. The third-order valence-corrected chi connectivity index (χ3v) is 16.3. The van der Waals surface area contributed by atoms with Gasteiger partial charge in [-0.25, -0.2) is 9.59 Å². The van der Waals surface area contributed by atoms with Gasteiger partial charge in [-0.2, -0.15) is 0 Å². The Labute approximate surface area is 508 Å². The van der Waals surface area contributed by atoms with E-state index in [1.54, 1.807) is 37.3 Å². The van der Waals surface area contributed by atoms with Crippen LogP contribution in [-0.4, -0.2) is 164 Å². The number of nitrogens with one attached hydrogen (secondary N) is 5. The number of halogens is 3. The number of unbranched alkanes of at least 4 members (excludes halogenated alkanes) is 2. The number of aliphatic hydroxyl groups is 1. The second-order valence-corrected chi connectivity index (χ2v) is 22.5. The van der Waals surface area contributed by atoms with E-state index in [-0.39, 0.29) is 86.5 Å². The number of carbonyl (C=O) groups excluding carboxylic acids is 9. The van der Waals surface area contributed by atoms with Gasteiger partial charge in [0.2, 0.25) is 29.5 Å². The van der Waals surface area contributed by atoms with E-state index in [1.165, 1.54) is 39.3 Å². The molecule has 8 atom stereocenters. The molecule has 0 spiro atoms. The number of nitrogens with two attached hydrogens (primary N) is 1. The Bertz CT molecular complexity index is 2520. The van der Waals surface area contributed by atoms with Gasteiger partial charge in [0.25, 0.3) is 0 Å². The number of alkyl halides is 2. The second kappa shape index (κ2) is 36.0. The molecule has 23 nitrogen and oxygen atoms in total. The Morgan fingerprint density at radius 3 is 2.40 bits per heavy atom. The number of esters is 2. The van der Waals surface area contributed by atoms with Gasteiger partial charge in [0, 0.05) is 62.6 Å². The van der Waals surface area contributed by atoms with E-state index in [0.717, 1.165) is 10.5 Å². The number of alkyl carbamates (subject to hydrolysis) is 1. The lowest BCUT2D eigenvalue weighted by Gasteiger charge is -2.43. The molecule has 2 heterocycles. The number of hydrogen-bond donors (Lipinski definition) is 7. The molecule has 0 saturated carbocycles. The van der Waals surface area contributed by atoms with E-state index in [1.807, 2.05) is 26.8 Å². The predicted molar refractivity (Wildman–Crippen MR) is 318 cm³/mol. The van der Waals surface area contributed by atoms with Gasteiger partial charge in [-0.15, -0.1) is 0 Å². The summed E-state index contributed by atoms with van der Waals surface area (Å²) in [6, 6.07) is -1.98. The van der Waals surface area contributed by atoms with Crippen LogP contribution >= 0.6 is 43.5 Å². The van der Waals surface area contributed by atoms with Gasteiger partial charge >= 0.3 is 24.1 Å². The Balaban J connectivity index is 1.79. The molecule has 0 aromatic rings. The third-order valence-electron chi connectivity index (χ3n) is 14.3. The maximum absolute atomic E-state index is 14.2. The van der Waals surface area contributed by atoms with E-state index in [4.69, 9.17) is 41.0 Å². The number of hydrogen-bond acceptors (Lipinski definition) is 15. The number of carbonyl (C=O) groups is 9. The van der Waals surface area contributed by atoms with Crippen molar-refractivity contribution in [3.8, 4) is 0 Å². The average Bonchev–Trinajstić information content (AvgIpc) is 3.65. The van der Waals surface area contributed by atoms with Crippen molar-refractivity contribution < 1.29 is 71.9 Å². The summed E-state index contributed by atoms with van der Waals surface area (Å²) in [5.74, 6) is -6.01. The van der Waals surface area contributed by atoms with Crippen molar-refractivity contribution in [2.45, 2.75) is 128 Å². The summed E-state index contributed by atoms with van der Waals surface area (Å²) >= 11 is 13.4. The minimum atomic E-state index is -1.88. The van der Waals surface area contributed by atoms with E-state index in [0.29, 0.717) is 47.6 Å². The zero-order valence-corrected chi connectivity index (χ0v) is 52.6. The highest BCUT2D eigenvalue weighted by atomic mass is 79.9.